The molecule has 15 heavy (non-hydrogen) atoms. The summed E-state index contributed by atoms with van der Waals surface area (Å²) in [5, 5.41) is 0. The molecule has 1 rings (SSSR count). The van der Waals surface area contributed by atoms with Crippen molar-refractivity contribution in [2.24, 2.45) is 5.73 Å². The van der Waals surface area contributed by atoms with Crippen molar-refractivity contribution >= 4 is 0 Å². The standard InChI is InChI=1S/C12H26N2O/c1-3-15-11-12(2,10-13)14-8-6-4-5-7-9-14/h3-11,13H2,1-2H3. The maximum Gasteiger partial charge on any atom is 0.0659 e. The molecule has 2 N–H and O–H groups in total. The molecule has 0 radical (unpaired) electrons. The molecule has 0 aromatic heterocycles. The summed E-state index contributed by atoms with van der Waals surface area (Å²) in [5.74, 6) is 0. The Balaban J connectivity index is 2.52. The van der Waals surface area contributed by atoms with Gasteiger partial charge in [-0.05, 0) is 39.8 Å². The van der Waals surface area contributed by atoms with Gasteiger partial charge in [0.05, 0.1) is 12.1 Å². The molecule has 3 heteroatoms. The highest BCUT2D eigenvalue weighted by atomic mass is 16.5. The monoisotopic (exact) mass is 214 g/mol. The molecule has 1 unspecified atom stereocenters. The van der Waals surface area contributed by atoms with Crippen LogP contribution >= 0.6 is 0 Å². The van der Waals surface area contributed by atoms with Gasteiger partial charge in [0.2, 0.25) is 0 Å². The minimum atomic E-state index is 0.0420. The minimum absolute atomic E-state index is 0.0420. The maximum absolute atomic E-state index is 5.91. The van der Waals surface area contributed by atoms with Gasteiger partial charge in [0.15, 0.2) is 0 Å². The molecule has 3 nitrogen and oxygen atoms in total. The molecule has 1 saturated heterocycles. The average Bonchev–Trinajstić information content (AvgIpc) is 2.54. The Morgan fingerprint density at radius 2 is 1.80 bits per heavy atom. The first-order valence-electron chi connectivity index (χ1n) is 6.26. The Labute approximate surface area is 94.0 Å². The van der Waals surface area contributed by atoms with Crippen LogP contribution in [0, 0.1) is 0 Å². The molecule has 0 amide bonds. The third-order valence-electron chi connectivity index (χ3n) is 3.43. The number of ether oxygens (including phenoxy) is 1. The lowest BCUT2D eigenvalue weighted by Crippen LogP contribution is -2.55. The lowest BCUT2D eigenvalue weighted by atomic mass is 10.0. The van der Waals surface area contributed by atoms with Crippen molar-refractivity contribution in [2.75, 3.05) is 32.8 Å². The van der Waals surface area contributed by atoms with Crippen LogP contribution in [0.2, 0.25) is 0 Å². The third-order valence-corrected chi connectivity index (χ3v) is 3.43. The van der Waals surface area contributed by atoms with Gasteiger partial charge in [0.1, 0.15) is 0 Å². The third kappa shape index (κ3) is 3.74. The van der Waals surface area contributed by atoms with Gasteiger partial charge < -0.3 is 10.5 Å². The molecule has 0 aromatic rings. The number of rotatable bonds is 5. The first-order valence-corrected chi connectivity index (χ1v) is 6.26. The van der Waals surface area contributed by atoms with Gasteiger partial charge in [-0.15, -0.1) is 0 Å². The molecule has 1 aliphatic rings. The van der Waals surface area contributed by atoms with Crippen molar-refractivity contribution in [2.45, 2.75) is 45.1 Å². The largest absolute Gasteiger partial charge is 0.380 e. The number of nitrogens with two attached hydrogens (primary N) is 1. The molecule has 1 atom stereocenters. The summed E-state index contributed by atoms with van der Waals surface area (Å²) in [4.78, 5) is 2.52. The summed E-state index contributed by atoms with van der Waals surface area (Å²) in [6.45, 7) is 8.87. The highest BCUT2D eigenvalue weighted by Gasteiger charge is 2.30. The SMILES string of the molecule is CCOCC(C)(CN)N1CCCCCC1. The topological polar surface area (TPSA) is 38.5 Å². The van der Waals surface area contributed by atoms with Crippen LogP contribution in [-0.2, 0) is 4.74 Å². The number of hydrogen-bond acceptors (Lipinski definition) is 3. The molecule has 0 aliphatic carbocycles. The van der Waals surface area contributed by atoms with Crippen molar-refractivity contribution in [1.29, 1.82) is 0 Å². The van der Waals surface area contributed by atoms with Gasteiger partial charge in [-0.25, -0.2) is 0 Å². The van der Waals surface area contributed by atoms with Gasteiger partial charge in [0, 0.05) is 13.2 Å². The van der Waals surface area contributed by atoms with E-state index in [0.29, 0.717) is 6.54 Å². The Bertz CT molecular complexity index is 167. The second kappa shape index (κ2) is 6.46. The Morgan fingerprint density at radius 1 is 1.20 bits per heavy atom. The fourth-order valence-corrected chi connectivity index (χ4v) is 2.21. The highest BCUT2D eigenvalue weighted by molar-refractivity contribution is 4.88. The van der Waals surface area contributed by atoms with Crippen LogP contribution in [0.4, 0.5) is 0 Å². The quantitative estimate of drug-likeness (QED) is 0.756. The van der Waals surface area contributed by atoms with E-state index in [9.17, 15) is 0 Å². The van der Waals surface area contributed by atoms with E-state index in [1.165, 1.54) is 38.8 Å². The van der Waals surface area contributed by atoms with E-state index >= 15 is 0 Å². The second-order valence-corrected chi connectivity index (χ2v) is 4.74. The normalized spacial score (nSPS) is 23.4. The second-order valence-electron chi connectivity index (χ2n) is 4.74. The lowest BCUT2D eigenvalue weighted by molar-refractivity contribution is 0.0119. The smallest absolute Gasteiger partial charge is 0.0659 e. The molecule has 1 aliphatic heterocycles. The number of hydrogen-bond donors (Lipinski definition) is 1. The predicted octanol–water partition coefficient (Wildman–Crippen LogP) is 1.62. The van der Waals surface area contributed by atoms with Crippen molar-refractivity contribution in [3.63, 3.8) is 0 Å². The molecular weight excluding hydrogens is 188 g/mol. The molecule has 1 heterocycles. The van der Waals surface area contributed by atoms with Crippen LogP contribution in [0.15, 0.2) is 0 Å². The van der Waals surface area contributed by atoms with Gasteiger partial charge >= 0.3 is 0 Å². The van der Waals surface area contributed by atoms with Crippen molar-refractivity contribution < 1.29 is 4.74 Å². The number of likely N-dealkylation sites (tertiary alicyclic amines) is 1. The van der Waals surface area contributed by atoms with E-state index in [1.807, 2.05) is 6.92 Å². The highest BCUT2D eigenvalue weighted by Crippen LogP contribution is 2.20. The fourth-order valence-electron chi connectivity index (χ4n) is 2.21. The summed E-state index contributed by atoms with van der Waals surface area (Å²) in [5.41, 5.74) is 5.95. The van der Waals surface area contributed by atoms with Gasteiger partial charge in [-0.3, -0.25) is 4.90 Å². The zero-order chi connectivity index (χ0) is 11.1. The fraction of sp³-hybridized carbons (Fsp3) is 1.00. The van der Waals surface area contributed by atoms with Crippen LogP contribution in [0.1, 0.15) is 39.5 Å². The van der Waals surface area contributed by atoms with Crippen LogP contribution in [0.3, 0.4) is 0 Å². The molecular formula is C12H26N2O. The maximum atomic E-state index is 5.91. The zero-order valence-electron chi connectivity index (χ0n) is 10.3. The van der Waals surface area contributed by atoms with E-state index in [1.54, 1.807) is 0 Å². The summed E-state index contributed by atoms with van der Waals surface area (Å²) in [7, 11) is 0. The van der Waals surface area contributed by atoms with Crippen LogP contribution < -0.4 is 5.73 Å². The molecule has 1 fully saturated rings. The van der Waals surface area contributed by atoms with Crippen molar-refractivity contribution in [3.05, 3.63) is 0 Å². The summed E-state index contributed by atoms with van der Waals surface area (Å²) in [6, 6.07) is 0. The Hall–Kier alpha value is -0.120. The Morgan fingerprint density at radius 3 is 2.27 bits per heavy atom. The van der Waals surface area contributed by atoms with Crippen LogP contribution in [0.5, 0.6) is 0 Å². The van der Waals surface area contributed by atoms with E-state index in [-0.39, 0.29) is 5.54 Å². The summed E-state index contributed by atoms with van der Waals surface area (Å²) >= 11 is 0. The molecule has 0 bridgehead atoms. The van der Waals surface area contributed by atoms with E-state index < -0.39 is 0 Å². The minimum Gasteiger partial charge on any atom is -0.380 e. The van der Waals surface area contributed by atoms with Crippen molar-refractivity contribution in [3.8, 4) is 0 Å². The molecule has 0 aromatic carbocycles. The van der Waals surface area contributed by atoms with Gasteiger partial charge in [-0.1, -0.05) is 12.8 Å². The zero-order valence-corrected chi connectivity index (χ0v) is 10.3. The molecule has 0 spiro atoms. The first-order chi connectivity index (χ1) is 7.23. The van der Waals surface area contributed by atoms with Crippen LogP contribution in [0.25, 0.3) is 0 Å². The first kappa shape index (κ1) is 12.9. The van der Waals surface area contributed by atoms with Crippen molar-refractivity contribution in [1.82, 2.24) is 4.90 Å². The Kier molecular flexibility index (Phi) is 5.58. The van der Waals surface area contributed by atoms with Gasteiger partial charge in [-0.2, -0.15) is 0 Å². The molecule has 0 saturated carbocycles. The number of nitrogens with zero attached hydrogens (tertiary/aromatic N) is 1. The van der Waals surface area contributed by atoms with E-state index in [0.717, 1.165) is 13.2 Å². The van der Waals surface area contributed by atoms with Gasteiger partial charge in [0.25, 0.3) is 0 Å². The average molecular weight is 214 g/mol. The van der Waals surface area contributed by atoms with Crippen LogP contribution in [-0.4, -0.2) is 43.3 Å². The summed E-state index contributed by atoms with van der Waals surface area (Å²) < 4.78 is 5.56. The summed E-state index contributed by atoms with van der Waals surface area (Å²) in [6.07, 6.45) is 5.35. The lowest BCUT2D eigenvalue weighted by Gasteiger charge is -2.39. The molecule has 90 valence electrons. The van der Waals surface area contributed by atoms with E-state index in [2.05, 4.69) is 11.8 Å². The predicted molar refractivity (Wildman–Crippen MR) is 64.0 cm³/mol. The van der Waals surface area contributed by atoms with E-state index in [4.69, 9.17) is 10.5 Å².